The van der Waals surface area contributed by atoms with Gasteiger partial charge in [-0.1, -0.05) is 22.0 Å². The van der Waals surface area contributed by atoms with E-state index in [0.717, 1.165) is 13.1 Å². The molecule has 94 valence electrons. The lowest BCUT2D eigenvalue weighted by Crippen LogP contribution is -2.29. The predicted molar refractivity (Wildman–Crippen MR) is 76.3 cm³/mol. The molecule has 17 heavy (non-hydrogen) atoms. The van der Waals surface area contributed by atoms with Crippen LogP contribution in [-0.2, 0) is 6.54 Å². The van der Waals surface area contributed by atoms with Crippen LogP contribution in [0.25, 0.3) is 0 Å². The zero-order valence-corrected chi connectivity index (χ0v) is 12.1. The van der Waals surface area contributed by atoms with Gasteiger partial charge in [0.2, 0.25) is 0 Å². The average Bonchev–Trinajstić information content (AvgIpc) is 2.76. The summed E-state index contributed by atoms with van der Waals surface area (Å²) >= 11 is 3.54. The lowest BCUT2D eigenvalue weighted by molar-refractivity contribution is 0.335. The van der Waals surface area contributed by atoms with E-state index in [4.69, 9.17) is 0 Å². The highest BCUT2D eigenvalue weighted by Crippen LogP contribution is 2.15. The van der Waals surface area contributed by atoms with Crippen molar-refractivity contribution in [2.24, 2.45) is 0 Å². The Morgan fingerprint density at radius 3 is 2.71 bits per heavy atom. The average molecular weight is 297 g/mol. The van der Waals surface area contributed by atoms with Crippen LogP contribution in [0.2, 0.25) is 0 Å². The monoisotopic (exact) mass is 296 g/mol. The van der Waals surface area contributed by atoms with Crippen molar-refractivity contribution in [1.82, 2.24) is 10.2 Å². The largest absolute Gasteiger partial charge is 0.311 e. The summed E-state index contributed by atoms with van der Waals surface area (Å²) in [5.74, 6) is 0. The molecule has 0 aromatic heterocycles. The molecule has 0 unspecified atom stereocenters. The van der Waals surface area contributed by atoms with Crippen LogP contribution in [0.15, 0.2) is 22.7 Å². The minimum atomic E-state index is 0.966. The molecule has 1 N–H and O–H groups in total. The van der Waals surface area contributed by atoms with Crippen LogP contribution in [0.4, 0.5) is 0 Å². The van der Waals surface area contributed by atoms with Crippen LogP contribution in [0, 0.1) is 6.92 Å². The number of aryl methyl sites for hydroxylation is 1. The summed E-state index contributed by atoms with van der Waals surface area (Å²) in [6.45, 7) is 7.96. The SMILES string of the molecule is Cc1cc(Br)cc(CNCCN2CCCC2)c1. The lowest BCUT2D eigenvalue weighted by Gasteiger charge is -2.14. The molecule has 0 amide bonds. The second kappa shape index (κ2) is 6.53. The van der Waals surface area contributed by atoms with Crippen molar-refractivity contribution < 1.29 is 0 Å². The molecule has 0 bridgehead atoms. The standard InChI is InChI=1S/C14H21BrN2/c1-12-8-13(10-14(15)9-12)11-16-4-7-17-5-2-3-6-17/h8-10,16H,2-7,11H2,1H3. The first-order valence-corrected chi connectivity index (χ1v) is 7.22. The van der Waals surface area contributed by atoms with Gasteiger partial charge in [0.25, 0.3) is 0 Å². The van der Waals surface area contributed by atoms with Crippen molar-refractivity contribution in [3.8, 4) is 0 Å². The second-order valence-electron chi connectivity index (χ2n) is 4.86. The number of nitrogens with zero attached hydrogens (tertiary/aromatic N) is 1. The molecule has 1 saturated heterocycles. The number of halogens is 1. The van der Waals surface area contributed by atoms with E-state index in [1.807, 2.05) is 0 Å². The Morgan fingerprint density at radius 1 is 1.24 bits per heavy atom. The van der Waals surface area contributed by atoms with E-state index in [1.165, 1.54) is 48.1 Å². The maximum absolute atomic E-state index is 3.54. The van der Waals surface area contributed by atoms with Crippen LogP contribution < -0.4 is 5.32 Å². The first-order valence-electron chi connectivity index (χ1n) is 6.43. The Morgan fingerprint density at radius 2 is 2.00 bits per heavy atom. The number of hydrogen-bond donors (Lipinski definition) is 1. The van der Waals surface area contributed by atoms with Gasteiger partial charge in [-0.25, -0.2) is 0 Å². The van der Waals surface area contributed by atoms with Gasteiger partial charge in [0.05, 0.1) is 0 Å². The first kappa shape index (κ1) is 13.1. The maximum Gasteiger partial charge on any atom is 0.0206 e. The van der Waals surface area contributed by atoms with Crippen LogP contribution in [0.1, 0.15) is 24.0 Å². The predicted octanol–water partition coefficient (Wildman–Crippen LogP) is 2.94. The van der Waals surface area contributed by atoms with Gasteiger partial charge in [-0.3, -0.25) is 0 Å². The maximum atomic E-state index is 3.54. The fourth-order valence-corrected chi connectivity index (χ4v) is 3.05. The third kappa shape index (κ3) is 4.41. The summed E-state index contributed by atoms with van der Waals surface area (Å²) in [5.41, 5.74) is 2.68. The number of hydrogen-bond acceptors (Lipinski definition) is 2. The first-order chi connectivity index (χ1) is 8.24. The Balaban J connectivity index is 1.70. The van der Waals surface area contributed by atoms with Crippen molar-refractivity contribution in [1.29, 1.82) is 0 Å². The number of likely N-dealkylation sites (tertiary alicyclic amines) is 1. The molecule has 0 radical (unpaired) electrons. The Labute approximate surface area is 113 Å². The van der Waals surface area contributed by atoms with Crippen LogP contribution in [-0.4, -0.2) is 31.1 Å². The quantitative estimate of drug-likeness (QED) is 0.841. The summed E-state index contributed by atoms with van der Waals surface area (Å²) in [4.78, 5) is 2.54. The number of benzene rings is 1. The number of rotatable bonds is 5. The smallest absolute Gasteiger partial charge is 0.0206 e. The van der Waals surface area contributed by atoms with Gasteiger partial charge in [-0.2, -0.15) is 0 Å². The number of nitrogens with one attached hydrogen (secondary N) is 1. The molecular weight excluding hydrogens is 276 g/mol. The van der Waals surface area contributed by atoms with Gasteiger partial charge >= 0.3 is 0 Å². The highest BCUT2D eigenvalue weighted by molar-refractivity contribution is 9.10. The van der Waals surface area contributed by atoms with E-state index in [2.05, 4.69) is 51.3 Å². The van der Waals surface area contributed by atoms with Crippen molar-refractivity contribution in [3.63, 3.8) is 0 Å². The van der Waals surface area contributed by atoms with Gasteiger partial charge in [0.15, 0.2) is 0 Å². The van der Waals surface area contributed by atoms with Crippen LogP contribution in [0.3, 0.4) is 0 Å². The van der Waals surface area contributed by atoms with Crippen molar-refractivity contribution in [3.05, 3.63) is 33.8 Å². The summed E-state index contributed by atoms with van der Waals surface area (Å²) in [7, 11) is 0. The molecule has 1 aromatic carbocycles. The molecule has 0 spiro atoms. The second-order valence-corrected chi connectivity index (χ2v) is 5.78. The summed E-state index contributed by atoms with van der Waals surface area (Å²) < 4.78 is 1.17. The summed E-state index contributed by atoms with van der Waals surface area (Å²) in [5, 5.41) is 3.52. The molecule has 3 heteroatoms. The Bertz CT molecular complexity index is 339. The molecule has 1 fully saturated rings. The summed E-state index contributed by atoms with van der Waals surface area (Å²) in [6.07, 6.45) is 2.76. The van der Waals surface area contributed by atoms with E-state index in [0.29, 0.717) is 0 Å². The molecule has 0 saturated carbocycles. The minimum Gasteiger partial charge on any atom is -0.311 e. The minimum absolute atomic E-state index is 0.966. The van der Waals surface area contributed by atoms with Crippen LogP contribution in [0.5, 0.6) is 0 Å². The normalized spacial score (nSPS) is 16.6. The van der Waals surface area contributed by atoms with Crippen LogP contribution >= 0.6 is 15.9 Å². The zero-order valence-electron chi connectivity index (χ0n) is 10.5. The highest BCUT2D eigenvalue weighted by Gasteiger charge is 2.09. The van der Waals surface area contributed by atoms with E-state index in [1.54, 1.807) is 0 Å². The molecule has 1 aliphatic heterocycles. The molecule has 1 aromatic rings. The third-order valence-corrected chi connectivity index (χ3v) is 3.69. The fourth-order valence-electron chi connectivity index (χ4n) is 2.39. The van der Waals surface area contributed by atoms with Gasteiger partial charge in [-0.05, 0) is 56.1 Å². The van der Waals surface area contributed by atoms with Crippen molar-refractivity contribution in [2.45, 2.75) is 26.3 Å². The third-order valence-electron chi connectivity index (χ3n) is 3.23. The molecule has 1 aliphatic rings. The van der Waals surface area contributed by atoms with E-state index in [9.17, 15) is 0 Å². The van der Waals surface area contributed by atoms with Gasteiger partial charge in [-0.15, -0.1) is 0 Å². The molecule has 1 heterocycles. The molecule has 2 rings (SSSR count). The van der Waals surface area contributed by atoms with E-state index >= 15 is 0 Å². The van der Waals surface area contributed by atoms with Gasteiger partial charge in [0.1, 0.15) is 0 Å². The summed E-state index contributed by atoms with van der Waals surface area (Å²) in [6, 6.07) is 6.58. The molecular formula is C14H21BrN2. The topological polar surface area (TPSA) is 15.3 Å². The van der Waals surface area contributed by atoms with Gasteiger partial charge in [0, 0.05) is 24.1 Å². The molecule has 0 aliphatic carbocycles. The lowest BCUT2D eigenvalue weighted by atomic mass is 10.1. The van der Waals surface area contributed by atoms with E-state index < -0.39 is 0 Å². The fraction of sp³-hybridized carbons (Fsp3) is 0.571. The zero-order chi connectivity index (χ0) is 12.1. The van der Waals surface area contributed by atoms with Gasteiger partial charge < -0.3 is 10.2 Å². The molecule has 2 nitrogen and oxygen atoms in total. The van der Waals surface area contributed by atoms with E-state index in [-0.39, 0.29) is 0 Å². The Kier molecular flexibility index (Phi) is 5.01. The molecule has 0 atom stereocenters. The van der Waals surface area contributed by atoms with Crippen molar-refractivity contribution in [2.75, 3.05) is 26.2 Å². The Hall–Kier alpha value is -0.380. The highest BCUT2D eigenvalue weighted by atomic mass is 79.9. The van der Waals surface area contributed by atoms with Crippen molar-refractivity contribution >= 4 is 15.9 Å².